The number of hydrogen-bond acceptors (Lipinski definition) is 5. The van der Waals surface area contributed by atoms with E-state index in [1.54, 1.807) is 12.1 Å². The number of nitrogens with zero attached hydrogens (tertiary/aromatic N) is 1. The average Bonchev–Trinajstić information content (AvgIpc) is 2.68. The molecule has 1 aromatic carbocycles. The summed E-state index contributed by atoms with van der Waals surface area (Å²) in [5, 5.41) is 26.5. The number of aliphatic hydroxyl groups is 2. The zero-order valence-electron chi connectivity index (χ0n) is 10.8. The van der Waals surface area contributed by atoms with Gasteiger partial charge in [-0.3, -0.25) is 10.3 Å². The van der Waals surface area contributed by atoms with Crippen LogP contribution in [0.25, 0.3) is 0 Å². The SMILES string of the molecule is COc1ccc(CN2CC(O)C(O)C2)cc1C(=N)N. The minimum atomic E-state index is -0.689. The standard InChI is InChI=1S/C13H19N3O3/c1-19-12-3-2-8(4-9(12)13(14)15)5-16-6-10(17)11(18)7-16/h2-4,10-11,17-18H,5-7H2,1H3,(H3,14,15). The molecule has 19 heavy (non-hydrogen) atoms. The van der Waals surface area contributed by atoms with Crippen molar-refractivity contribution in [2.75, 3.05) is 20.2 Å². The van der Waals surface area contributed by atoms with Gasteiger partial charge in [-0.2, -0.15) is 0 Å². The largest absolute Gasteiger partial charge is 0.496 e. The van der Waals surface area contributed by atoms with E-state index in [2.05, 4.69) is 0 Å². The summed E-state index contributed by atoms with van der Waals surface area (Å²) in [5.74, 6) is 0.526. The minimum Gasteiger partial charge on any atom is -0.496 e. The van der Waals surface area contributed by atoms with Gasteiger partial charge in [-0.25, -0.2) is 0 Å². The number of nitrogens with two attached hydrogens (primary N) is 1. The summed E-state index contributed by atoms with van der Waals surface area (Å²) in [6.07, 6.45) is -1.38. The predicted molar refractivity (Wildman–Crippen MR) is 71.3 cm³/mol. The van der Waals surface area contributed by atoms with Crippen LogP contribution in [0.15, 0.2) is 18.2 Å². The molecule has 2 unspecified atom stereocenters. The van der Waals surface area contributed by atoms with Crippen molar-refractivity contribution in [3.8, 4) is 5.75 Å². The molecule has 5 N–H and O–H groups in total. The van der Waals surface area contributed by atoms with Crippen LogP contribution < -0.4 is 10.5 Å². The maximum absolute atomic E-state index is 9.51. The van der Waals surface area contributed by atoms with E-state index in [1.807, 2.05) is 11.0 Å². The third-order valence-corrected chi connectivity index (χ3v) is 3.29. The van der Waals surface area contributed by atoms with Crippen molar-refractivity contribution in [1.29, 1.82) is 5.41 Å². The van der Waals surface area contributed by atoms with Gasteiger partial charge in [0.2, 0.25) is 0 Å². The highest BCUT2D eigenvalue weighted by Gasteiger charge is 2.29. The van der Waals surface area contributed by atoms with Gasteiger partial charge in [0, 0.05) is 19.6 Å². The second-order valence-corrected chi connectivity index (χ2v) is 4.78. The van der Waals surface area contributed by atoms with E-state index < -0.39 is 12.2 Å². The third-order valence-electron chi connectivity index (χ3n) is 3.29. The summed E-state index contributed by atoms with van der Waals surface area (Å²) in [4.78, 5) is 1.96. The molecule has 6 heteroatoms. The van der Waals surface area contributed by atoms with Crippen LogP contribution >= 0.6 is 0 Å². The maximum atomic E-state index is 9.51. The number of methoxy groups -OCH3 is 1. The molecular formula is C13H19N3O3. The summed E-state index contributed by atoms with van der Waals surface area (Å²) in [6, 6.07) is 5.47. The highest BCUT2D eigenvalue weighted by atomic mass is 16.5. The molecule has 0 saturated carbocycles. The molecule has 1 fully saturated rings. The number of nitrogens with one attached hydrogen (secondary N) is 1. The molecule has 6 nitrogen and oxygen atoms in total. The van der Waals surface area contributed by atoms with E-state index in [-0.39, 0.29) is 5.84 Å². The fraction of sp³-hybridized carbons (Fsp3) is 0.462. The second-order valence-electron chi connectivity index (χ2n) is 4.78. The fourth-order valence-corrected chi connectivity index (χ4v) is 2.30. The minimum absolute atomic E-state index is 0.0415. The van der Waals surface area contributed by atoms with E-state index in [4.69, 9.17) is 15.9 Å². The lowest BCUT2D eigenvalue weighted by Gasteiger charge is -2.16. The van der Waals surface area contributed by atoms with Gasteiger partial charge in [-0.15, -0.1) is 0 Å². The zero-order chi connectivity index (χ0) is 14.0. The van der Waals surface area contributed by atoms with Crippen LogP contribution in [0.1, 0.15) is 11.1 Å². The number of β-amino-alcohol motifs (C(OH)–C–C–N with tert-alkyl or cyclic N) is 2. The molecule has 1 heterocycles. The number of likely N-dealkylation sites (tertiary alicyclic amines) is 1. The summed E-state index contributed by atoms with van der Waals surface area (Å²) < 4.78 is 5.15. The predicted octanol–water partition coefficient (Wildman–Crippen LogP) is -0.483. The Morgan fingerprint density at radius 1 is 1.42 bits per heavy atom. The van der Waals surface area contributed by atoms with Crippen LogP contribution in [0.5, 0.6) is 5.75 Å². The van der Waals surface area contributed by atoms with Crippen molar-refractivity contribution in [3.63, 3.8) is 0 Å². The van der Waals surface area contributed by atoms with Gasteiger partial charge >= 0.3 is 0 Å². The Balaban J connectivity index is 2.13. The first kappa shape index (κ1) is 13.8. The number of hydrogen-bond donors (Lipinski definition) is 4. The van der Waals surface area contributed by atoms with Crippen molar-refractivity contribution in [1.82, 2.24) is 4.90 Å². The van der Waals surface area contributed by atoms with Crippen LogP contribution in [0.2, 0.25) is 0 Å². The molecule has 104 valence electrons. The summed E-state index contributed by atoms with van der Waals surface area (Å²) in [6.45, 7) is 1.49. The molecule has 1 saturated heterocycles. The van der Waals surface area contributed by atoms with Gasteiger partial charge in [0.1, 0.15) is 11.6 Å². The topological polar surface area (TPSA) is 103 Å². The Morgan fingerprint density at radius 3 is 2.58 bits per heavy atom. The number of aliphatic hydroxyl groups excluding tert-OH is 2. The molecule has 0 radical (unpaired) electrons. The van der Waals surface area contributed by atoms with Crippen molar-refractivity contribution < 1.29 is 14.9 Å². The van der Waals surface area contributed by atoms with Gasteiger partial charge in [0.15, 0.2) is 0 Å². The Labute approximate surface area is 111 Å². The molecular weight excluding hydrogens is 246 g/mol. The fourth-order valence-electron chi connectivity index (χ4n) is 2.30. The van der Waals surface area contributed by atoms with Gasteiger partial charge in [-0.05, 0) is 17.7 Å². The monoisotopic (exact) mass is 265 g/mol. The van der Waals surface area contributed by atoms with Crippen molar-refractivity contribution in [3.05, 3.63) is 29.3 Å². The Kier molecular flexibility index (Phi) is 4.04. The first-order valence-electron chi connectivity index (χ1n) is 6.11. The number of ether oxygens (including phenoxy) is 1. The molecule has 0 aliphatic carbocycles. The quantitative estimate of drug-likeness (QED) is 0.435. The lowest BCUT2D eigenvalue weighted by atomic mass is 10.1. The summed E-state index contributed by atoms with van der Waals surface area (Å²) in [5.41, 5.74) is 7.04. The van der Waals surface area contributed by atoms with E-state index >= 15 is 0 Å². The normalized spacial score (nSPS) is 23.5. The zero-order valence-corrected chi connectivity index (χ0v) is 10.8. The van der Waals surface area contributed by atoms with Crippen molar-refractivity contribution in [2.24, 2.45) is 5.73 Å². The molecule has 0 spiro atoms. The van der Waals surface area contributed by atoms with E-state index in [9.17, 15) is 10.2 Å². The Morgan fingerprint density at radius 2 is 2.05 bits per heavy atom. The first-order chi connectivity index (χ1) is 9.01. The maximum Gasteiger partial charge on any atom is 0.129 e. The average molecular weight is 265 g/mol. The van der Waals surface area contributed by atoms with Gasteiger partial charge in [0.25, 0.3) is 0 Å². The van der Waals surface area contributed by atoms with Crippen LogP contribution in [0.4, 0.5) is 0 Å². The lowest BCUT2D eigenvalue weighted by Crippen LogP contribution is -2.22. The van der Waals surface area contributed by atoms with Crippen LogP contribution in [0.3, 0.4) is 0 Å². The number of amidine groups is 1. The highest BCUT2D eigenvalue weighted by Crippen LogP contribution is 2.21. The second kappa shape index (κ2) is 5.56. The molecule has 0 amide bonds. The molecule has 1 aliphatic rings. The van der Waals surface area contributed by atoms with Gasteiger partial charge in [0.05, 0.1) is 24.9 Å². The van der Waals surface area contributed by atoms with Gasteiger partial charge in [-0.1, -0.05) is 6.07 Å². The summed E-state index contributed by atoms with van der Waals surface area (Å²) in [7, 11) is 1.54. The lowest BCUT2D eigenvalue weighted by molar-refractivity contribution is 0.0572. The smallest absolute Gasteiger partial charge is 0.129 e. The Bertz CT molecular complexity index is 468. The third kappa shape index (κ3) is 3.04. The Hall–Kier alpha value is -1.63. The van der Waals surface area contributed by atoms with Crippen molar-refractivity contribution >= 4 is 5.84 Å². The van der Waals surface area contributed by atoms with Crippen LogP contribution in [-0.4, -0.2) is 53.4 Å². The number of benzene rings is 1. The molecule has 1 aliphatic heterocycles. The number of nitrogen functional groups attached to an aromatic ring is 1. The van der Waals surface area contributed by atoms with E-state index in [0.29, 0.717) is 30.9 Å². The summed E-state index contributed by atoms with van der Waals surface area (Å²) >= 11 is 0. The van der Waals surface area contributed by atoms with Crippen LogP contribution in [0, 0.1) is 5.41 Å². The van der Waals surface area contributed by atoms with Crippen molar-refractivity contribution in [2.45, 2.75) is 18.8 Å². The van der Waals surface area contributed by atoms with Gasteiger partial charge < -0.3 is 20.7 Å². The molecule has 2 rings (SSSR count). The molecule has 0 bridgehead atoms. The van der Waals surface area contributed by atoms with E-state index in [0.717, 1.165) is 5.56 Å². The number of rotatable bonds is 4. The first-order valence-corrected chi connectivity index (χ1v) is 6.11. The molecule has 1 aromatic rings. The van der Waals surface area contributed by atoms with Crippen LogP contribution in [-0.2, 0) is 6.54 Å². The van der Waals surface area contributed by atoms with E-state index in [1.165, 1.54) is 7.11 Å². The highest BCUT2D eigenvalue weighted by molar-refractivity contribution is 5.97. The molecule has 0 aromatic heterocycles. The molecule has 2 atom stereocenters.